The van der Waals surface area contributed by atoms with Gasteiger partial charge in [-0.1, -0.05) is 48.5 Å². The van der Waals surface area contributed by atoms with Crippen LogP contribution in [0.3, 0.4) is 0 Å². The van der Waals surface area contributed by atoms with E-state index in [-0.39, 0.29) is 23.2 Å². The minimum atomic E-state index is -3.17. The quantitative estimate of drug-likeness (QED) is 0.464. The maximum absolute atomic E-state index is 13.2. The van der Waals surface area contributed by atoms with Crippen molar-refractivity contribution in [2.24, 2.45) is 0 Å². The van der Waals surface area contributed by atoms with Gasteiger partial charge in [0.05, 0.1) is 11.3 Å². The summed E-state index contributed by atoms with van der Waals surface area (Å²) in [4.78, 5) is 13.2. The largest absolute Gasteiger partial charge is 0.383 e. The van der Waals surface area contributed by atoms with Gasteiger partial charge in [-0.3, -0.25) is 4.79 Å². The van der Waals surface area contributed by atoms with E-state index in [1.54, 1.807) is 4.31 Å². The predicted octanol–water partition coefficient (Wildman–Crippen LogP) is 5.01. The Labute approximate surface area is 207 Å². The summed E-state index contributed by atoms with van der Waals surface area (Å²) in [5.41, 5.74) is 3.43. The first-order chi connectivity index (χ1) is 16.8. The van der Waals surface area contributed by atoms with Gasteiger partial charge in [-0.05, 0) is 73.6 Å². The molecule has 2 fully saturated rings. The molecule has 0 radical (unpaired) electrons. The summed E-state index contributed by atoms with van der Waals surface area (Å²) >= 11 is 0. The number of anilines is 1. The van der Waals surface area contributed by atoms with Gasteiger partial charge in [0.15, 0.2) is 0 Å². The molecular weight excluding hydrogens is 458 g/mol. The minimum Gasteiger partial charge on any atom is -0.383 e. The second-order valence-corrected chi connectivity index (χ2v) is 12.0. The molecule has 184 valence electrons. The Kier molecular flexibility index (Phi) is 6.55. The molecule has 3 aromatic carbocycles. The lowest BCUT2D eigenvalue weighted by atomic mass is 9.99. The number of nitrogens with zero attached hydrogens (tertiary/aromatic N) is 1. The van der Waals surface area contributed by atoms with E-state index in [4.69, 9.17) is 0 Å². The first kappa shape index (κ1) is 23.8. The van der Waals surface area contributed by atoms with Crippen molar-refractivity contribution in [1.82, 2.24) is 9.62 Å². The average Bonchev–Trinajstić information content (AvgIpc) is 3.61. The molecule has 2 aliphatic rings. The molecule has 0 bridgehead atoms. The Morgan fingerprint density at radius 2 is 1.83 bits per heavy atom. The smallest absolute Gasteiger partial charge is 0.252 e. The highest BCUT2D eigenvalue weighted by Gasteiger charge is 2.44. The van der Waals surface area contributed by atoms with Crippen molar-refractivity contribution in [1.29, 1.82) is 0 Å². The van der Waals surface area contributed by atoms with Gasteiger partial charge in [0, 0.05) is 30.4 Å². The third kappa shape index (κ3) is 4.93. The summed E-state index contributed by atoms with van der Waals surface area (Å²) in [7, 11) is -3.17. The molecule has 1 aliphatic carbocycles. The standard InChI is InChI=1S/C28H33N3O3S/c1-19-12-13-22(29-18-23-9-6-16-31(23)35(33,34)24-14-15-24)17-27(19)28(32)30-20(2)25-11-5-8-21-7-3-4-10-26(21)25/h3-5,7-8,10-13,17,20,23-24,29H,6,9,14-16,18H2,1-2H3,(H,30,32)/t20-,23+/m1/s1. The van der Waals surface area contributed by atoms with E-state index in [1.807, 2.05) is 50.2 Å². The van der Waals surface area contributed by atoms with E-state index in [0.717, 1.165) is 53.3 Å². The molecule has 35 heavy (non-hydrogen) atoms. The molecule has 5 rings (SSSR count). The molecule has 1 heterocycles. The zero-order valence-electron chi connectivity index (χ0n) is 20.3. The number of carbonyl (C=O) groups is 1. The molecule has 7 heteroatoms. The molecular formula is C28H33N3O3S. The number of amides is 1. The highest BCUT2D eigenvalue weighted by Crippen LogP contribution is 2.35. The number of fused-ring (bicyclic) bond motifs is 1. The molecule has 0 unspecified atom stereocenters. The first-order valence-electron chi connectivity index (χ1n) is 12.5. The maximum atomic E-state index is 13.2. The maximum Gasteiger partial charge on any atom is 0.252 e. The molecule has 0 spiro atoms. The normalized spacial score (nSPS) is 19.5. The van der Waals surface area contributed by atoms with E-state index >= 15 is 0 Å². The van der Waals surface area contributed by atoms with Crippen LogP contribution >= 0.6 is 0 Å². The Morgan fingerprint density at radius 1 is 1.06 bits per heavy atom. The monoisotopic (exact) mass is 491 g/mol. The molecule has 3 aromatic rings. The zero-order valence-corrected chi connectivity index (χ0v) is 21.1. The third-order valence-corrected chi connectivity index (χ3v) is 9.71. The van der Waals surface area contributed by atoms with Crippen LogP contribution in [0.15, 0.2) is 60.7 Å². The van der Waals surface area contributed by atoms with E-state index < -0.39 is 10.0 Å². The number of carbonyl (C=O) groups excluding carboxylic acids is 1. The Hall–Kier alpha value is -2.90. The summed E-state index contributed by atoms with van der Waals surface area (Å²) in [5, 5.41) is 8.66. The Morgan fingerprint density at radius 3 is 2.63 bits per heavy atom. The summed E-state index contributed by atoms with van der Waals surface area (Å²) in [6.07, 6.45) is 3.33. The van der Waals surface area contributed by atoms with Gasteiger partial charge in [-0.15, -0.1) is 0 Å². The van der Waals surface area contributed by atoms with Crippen molar-refractivity contribution >= 4 is 32.4 Å². The molecule has 1 aliphatic heterocycles. The SMILES string of the molecule is Cc1ccc(NC[C@@H]2CCCN2S(=O)(=O)C2CC2)cc1C(=O)N[C@H](C)c1cccc2ccccc12. The third-order valence-electron chi connectivity index (χ3n) is 7.26. The summed E-state index contributed by atoms with van der Waals surface area (Å²) in [5.74, 6) is -0.120. The van der Waals surface area contributed by atoms with Crippen LogP contribution in [0, 0.1) is 6.92 Å². The lowest BCUT2D eigenvalue weighted by Crippen LogP contribution is -2.41. The first-order valence-corrected chi connectivity index (χ1v) is 14.0. The van der Waals surface area contributed by atoms with Crippen LogP contribution in [-0.4, -0.2) is 43.0 Å². The van der Waals surface area contributed by atoms with Crippen LogP contribution in [0.4, 0.5) is 5.69 Å². The number of benzene rings is 3. The topological polar surface area (TPSA) is 78.5 Å². The lowest BCUT2D eigenvalue weighted by Gasteiger charge is -2.25. The summed E-state index contributed by atoms with van der Waals surface area (Å²) < 4.78 is 27.2. The number of rotatable bonds is 8. The van der Waals surface area contributed by atoms with Gasteiger partial charge in [0.25, 0.3) is 5.91 Å². The highest BCUT2D eigenvalue weighted by molar-refractivity contribution is 7.90. The highest BCUT2D eigenvalue weighted by atomic mass is 32.2. The van der Waals surface area contributed by atoms with Crippen molar-refractivity contribution in [2.75, 3.05) is 18.4 Å². The van der Waals surface area contributed by atoms with Crippen LogP contribution in [0.25, 0.3) is 10.8 Å². The zero-order chi connectivity index (χ0) is 24.6. The van der Waals surface area contributed by atoms with Crippen molar-refractivity contribution in [3.63, 3.8) is 0 Å². The number of aryl methyl sites for hydroxylation is 1. The van der Waals surface area contributed by atoms with Gasteiger partial charge in [-0.25, -0.2) is 8.42 Å². The van der Waals surface area contributed by atoms with Crippen molar-refractivity contribution in [3.05, 3.63) is 77.4 Å². The Bertz CT molecular complexity index is 1350. The van der Waals surface area contributed by atoms with Crippen LogP contribution < -0.4 is 10.6 Å². The van der Waals surface area contributed by atoms with Crippen molar-refractivity contribution in [3.8, 4) is 0 Å². The van der Waals surface area contributed by atoms with Crippen LogP contribution in [0.5, 0.6) is 0 Å². The molecule has 2 N–H and O–H groups in total. The molecule has 2 atom stereocenters. The molecule has 1 amide bonds. The van der Waals surface area contributed by atoms with E-state index in [1.165, 1.54) is 0 Å². The average molecular weight is 492 g/mol. The van der Waals surface area contributed by atoms with Crippen LogP contribution in [0.2, 0.25) is 0 Å². The fourth-order valence-electron chi connectivity index (χ4n) is 5.10. The second-order valence-electron chi connectivity index (χ2n) is 9.83. The van der Waals surface area contributed by atoms with E-state index in [0.29, 0.717) is 18.7 Å². The Balaban J connectivity index is 1.28. The number of nitrogens with one attached hydrogen (secondary N) is 2. The number of hydrogen-bond donors (Lipinski definition) is 2. The predicted molar refractivity (Wildman–Crippen MR) is 141 cm³/mol. The molecule has 0 aromatic heterocycles. The van der Waals surface area contributed by atoms with Gasteiger partial charge in [0.1, 0.15) is 0 Å². The summed E-state index contributed by atoms with van der Waals surface area (Å²) in [6, 6.07) is 19.9. The fraction of sp³-hybridized carbons (Fsp3) is 0.393. The molecule has 1 saturated carbocycles. The van der Waals surface area contributed by atoms with Gasteiger partial charge >= 0.3 is 0 Å². The molecule has 1 saturated heterocycles. The van der Waals surface area contributed by atoms with E-state index in [9.17, 15) is 13.2 Å². The lowest BCUT2D eigenvalue weighted by molar-refractivity contribution is 0.0939. The van der Waals surface area contributed by atoms with Crippen molar-refractivity contribution < 1.29 is 13.2 Å². The van der Waals surface area contributed by atoms with E-state index in [2.05, 4.69) is 34.9 Å². The fourth-order valence-corrected chi connectivity index (χ4v) is 7.19. The number of hydrogen-bond acceptors (Lipinski definition) is 4. The summed E-state index contributed by atoms with van der Waals surface area (Å²) in [6.45, 7) is 5.09. The van der Waals surface area contributed by atoms with Gasteiger partial charge in [0.2, 0.25) is 10.0 Å². The van der Waals surface area contributed by atoms with Crippen molar-refractivity contribution in [2.45, 2.75) is 56.9 Å². The number of sulfonamides is 1. The van der Waals surface area contributed by atoms with Crippen LogP contribution in [-0.2, 0) is 10.0 Å². The minimum absolute atomic E-state index is 0.0365. The molecule has 6 nitrogen and oxygen atoms in total. The van der Waals surface area contributed by atoms with Gasteiger partial charge in [-0.2, -0.15) is 4.31 Å². The van der Waals surface area contributed by atoms with Crippen LogP contribution in [0.1, 0.15) is 60.1 Å². The van der Waals surface area contributed by atoms with Gasteiger partial charge < -0.3 is 10.6 Å². The second kappa shape index (κ2) is 9.63.